The lowest BCUT2D eigenvalue weighted by atomic mass is 10.2. The van der Waals surface area contributed by atoms with E-state index in [1.807, 2.05) is 0 Å². The van der Waals surface area contributed by atoms with Crippen LogP contribution in [0.15, 0.2) is 27.8 Å². The first-order valence-corrected chi connectivity index (χ1v) is 4.76. The highest BCUT2D eigenvalue weighted by Crippen LogP contribution is 2.08. The predicted octanol–water partition coefficient (Wildman–Crippen LogP) is -0.212. The Labute approximate surface area is 89.3 Å². The third-order valence-corrected chi connectivity index (χ3v) is 2.31. The Morgan fingerprint density at radius 1 is 1.38 bits per heavy atom. The number of nitrogens with one attached hydrogen (secondary N) is 1. The van der Waals surface area contributed by atoms with Crippen molar-refractivity contribution >= 4 is 10.9 Å². The summed E-state index contributed by atoms with van der Waals surface area (Å²) >= 11 is 0. The van der Waals surface area contributed by atoms with Crippen LogP contribution in [0.1, 0.15) is 0 Å². The molecule has 2 aromatic rings. The summed E-state index contributed by atoms with van der Waals surface area (Å²) in [7, 11) is 0. The first kappa shape index (κ1) is 10.6. The van der Waals surface area contributed by atoms with Gasteiger partial charge in [0, 0.05) is 13.1 Å². The highest BCUT2D eigenvalue weighted by Gasteiger charge is 2.10. The molecule has 16 heavy (non-hydrogen) atoms. The molecule has 1 aromatic heterocycles. The van der Waals surface area contributed by atoms with Crippen molar-refractivity contribution in [2.75, 3.05) is 6.54 Å². The van der Waals surface area contributed by atoms with Gasteiger partial charge in [-0.3, -0.25) is 9.36 Å². The molecule has 0 spiro atoms. The van der Waals surface area contributed by atoms with Crippen LogP contribution in [0, 0.1) is 5.82 Å². The molecule has 3 N–H and O–H groups in total. The summed E-state index contributed by atoms with van der Waals surface area (Å²) in [6.45, 7) is 0.210. The standard InChI is InChI=1S/C10H10FN3O2/c11-6-2-1-3-7-8(6)9(15)14(5-4-12)10(16)13-7/h1-3H,4-5,12H2,(H,13,16). The minimum atomic E-state index is -0.651. The highest BCUT2D eigenvalue weighted by atomic mass is 19.1. The molecular formula is C10H10FN3O2. The summed E-state index contributed by atoms with van der Waals surface area (Å²) in [5.74, 6) is -0.649. The highest BCUT2D eigenvalue weighted by molar-refractivity contribution is 5.77. The van der Waals surface area contributed by atoms with Gasteiger partial charge in [0.2, 0.25) is 0 Å². The Bertz CT molecular complexity index is 645. The molecule has 5 nitrogen and oxygen atoms in total. The summed E-state index contributed by atoms with van der Waals surface area (Å²) < 4.78 is 14.3. The quantitative estimate of drug-likeness (QED) is 0.739. The van der Waals surface area contributed by atoms with E-state index >= 15 is 0 Å². The molecule has 0 aliphatic heterocycles. The third kappa shape index (κ3) is 1.53. The molecule has 0 atom stereocenters. The van der Waals surface area contributed by atoms with Gasteiger partial charge in [0.25, 0.3) is 5.56 Å². The van der Waals surface area contributed by atoms with E-state index < -0.39 is 17.1 Å². The van der Waals surface area contributed by atoms with Crippen LogP contribution < -0.4 is 17.0 Å². The zero-order valence-electron chi connectivity index (χ0n) is 8.37. The minimum absolute atomic E-state index is 0.0679. The topological polar surface area (TPSA) is 80.9 Å². The fourth-order valence-electron chi connectivity index (χ4n) is 1.59. The smallest absolute Gasteiger partial charge is 0.328 e. The second kappa shape index (κ2) is 3.90. The summed E-state index contributed by atoms with van der Waals surface area (Å²) in [6, 6.07) is 4.09. The van der Waals surface area contributed by atoms with E-state index in [9.17, 15) is 14.0 Å². The van der Waals surface area contributed by atoms with Gasteiger partial charge in [-0.25, -0.2) is 9.18 Å². The molecule has 84 valence electrons. The van der Waals surface area contributed by atoms with Gasteiger partial charge in [0.15, 0.2) is 0 Å². The molecular weight excluding hydrogens is 213 g/mol. The number of rotatable bonds is 2. The minimum Gasteiger partial charge on any atom is -0.329 e. The number of nitrogens with zero attached hydrogens (tertiary/aromatic N) is 1. The van der Waals surface area contributed by atoms with E-state index in [0.717, 1.165) is 4.57 Å². The summed E-state index contributed by atoms with van der Waals surface area (Å²) in [4.78, 5) is 25.7. The Morgan fingerprint density at radius 2 is 2.12 bits per heavy atom. The number of hydrogen-bond acceptors (Lipinski definition) is 3. The van der Waals surface area contributed by atoms with Crippen molar-refractivity contribution in [3.8, 4) is 0 Å². The molecule has 0 saturated carbocycles. The van der Waals surface area contributed by atoms with E-state index in [1.54, 1.807) is 0 Å². The Balaban J connectivity index is 2.92. The van der Waals surface area contributed by atoms with Crippen molar-refractivity contribution in [1.82, 2.24) is 9.55 Å². The van der Waals surface area contributed by atoms with Crippen LogP contribution in [0.2, 0.25) is 0 Å². The third-order valence-electron chi connectivity index (χ3n) is 2.31. The molecule has 1 heterocycles. The van der Waals surface area contributed by atoms with Crippen LogP contribution >= 0.6 is 0 Å². The van der Waals surface area contributed by atoms with Crippen LogP contribution in [-0.4, -0.2) is 16.1 Å². The van der Waals surface area contributed by atoms with Crippen molar-refractivity contribution in [2.24, 2.45) is 5.73 Å². The van der Waals surface area contributed by atoms with E-state index in [1.165, 1.54) is 18.2 Å². The zero-order valence-corrected chi connectivity index (χ0v) is 8.37. The van der Waals surface area contributed by atoms with Gasteiger partial charge in [-0.05, 0) is 12.1 Å². The molecule has 0 saturated heterocycles. The van der Waals surface area contributed by atoms with Gasteiger partial charge < -0.3 is 10.7 Å². The maximum atomic E-state index is 13.4. The number of hydrogen-bond donors (Lipinski definition) is 2. The van der Waals surface area contributed by atoms with Gasteiger partial charge in [-0.15, -0.1) is 0 Å². The summed E-state index contributed by atoms with van der Waals surface area (Å²) in [5, 5.41) is -0.115. The molecule has 0 amide bonds. The maximum Gasteiger partial charge on any atom is 0.328 e. The van der Waals surface area contributed by atoms with E-state index in [4.69, 9.17) is 5.73 Å². The molecule has 0 unspecified atom stereocenters. The van der Waals surface area contributed by atoms with Gasteiger partial charge in [-0.2, -0.15) is 0 Å². The summed E-state index contributed by atoms with van der Waals surface area (Å²) in [6.07, 6.45) is 0. The molecule has 2 rings (SSSR count). The molecule has 0 fully saturated rings. The second-order valence-corrected chi connectivity index (χ2v) is 3.34. The number of nitrogens with two attached hydrogens (primary N) is 1. The van der Waals surface area contributed by atoms with Crippen LogP contribution in [0.3, 0.4) is 0 Å². The lowest BCUT2D eigenvalue weighted by molar-refractivity contribution is 0.620. The molecule has 6 heteroatoms. The molecule has 1 aromatic carbocycles. The Morgan fingerprint density at radius 3 is 2.81 bits per heavy atom. The number of benzene rings is 1. The largest absolute Gasteiger partial charge is 0.329 e. The fourth-order valence-corrected chi connectivity index (χ4v) is 1.59. The average molecular weight is 223 g/mol. The SMILES string of the molecule is NCCn1c(=O)[nH]c2cccc(F)c2c1=O. The van der Waals surface area contributed by atoms with Crippen molar-refractivity contribution in [3.63, 3.8) is 0 Å². The van der Waals surface area contributed by atoms with Crippen LogP contribution in [-0.2, 0) is 6.54 Å². The number of H-pyrrole nitrogens is 1. The lowest BCUT2D eigenvalue weighted by Crippen LogP contribution is -2.37. The van der Waals surface area contributed by atoms with Gasteiger partial charge in [0.05, 0.1) is 10.9 Å². The van der Waals surface area contributed by atoms with Gasteiger partial charge in [-0.1, -0.05) is 6.07 Å². The normalized spacial score (nSPS) is 10.9. The first-order chi connectivity index (χ1) is 7.65. The monoisotopic (exact) mass is 223 g/mol. The Hall–Kier alpha value is -1.95. The predicted molar refractivity (Wildman–Crippen MR) is 57.8 cm³/mol. The molecule has 0 aliphatic carbocycles. The fraction of sp³-hybridized carbons (Fsp3) is 0.200. The van der Waals surface area contributed by atoms with Crippen LogP contribution in [0.4, 0.5) is 4.39 Å². The van der Waals surface area contributed by atoms with Gasteiger partial charge in [0.1, 0.15) is 5.82 Å². The van der Waals surface area contributed by atoms with Crippen LogP contribution in [0.25, 0.3) is 10.9 Å². The van der Waals surface area contributed by atoms with Crippen molar-refractivity contribution in [2.45, 2.75) is 6.54 Å². The molecule has 0 bridgehead atoms. The summed E-state index contributed by atoms with van der Waals surface area (Å²) in [5.41, 5.74) is 4.25. The average Bonchev–Trinajstić information content (AvgIpc) is 2.24. The van der Waals surface area contributed by atoms with Gasteiger partial charge >= 0.3 is 5.69 Å². The van der Waals surface area contributed by atoms with Crippen molar-refractivity contribution in [1.29, 1.82) is 0 Å². The second-order valence-electron chi connectivity index (χ2n) is 3.34. The number of halogens is 1. The number of aromatic nitrogens is 2. The van der Waals surface area contributed by atoms with Crippen LogP contribution in [0.5, 0.6) is 0 Å². The molecule has 0 radical (unpaired) electrons. The van der Waals surface area contributed by atoms with E-state index in [0.29, 0.717) is 0 Å². The number of fused-ring (bicyclic) bond motifs is 1. The molecule has 0 aliphatic rings. The van der Waals surface area contributed by atoms with E-state index in [2.05, 4.69) is 4.98 Å². The Kier molecular flexibility index (Phi) is 2.57. The van der Waals surface area contributed by atoms with Crippen molar-refractivity contribution in [3.05, 3.63) is 44.9 Å². The maximum absolute atomic E-state index is 13.4. The lowest BCUT2D eigenvalue weighted by Gasteiger charge is -2.04. The first-order valence-electron chi connectivity index (χ1n) is 4.76. The zero-order chi connectivity index (χ0) is 11.7. The van der Waals surface area contributed by atoms with Crippen molar-refractivity contribution < 1.29 is 4.39 Å². The number of aromatic amines is 1. The van der Waals surface area contributed by atoms with E-state index in [-0.39, 0.29) is 24.0 Å².